The van der Waals surface area contributed by atoms with E-state index in [-0.39, 0.29) is 11.7 Å². The lowest BCUT2D eigenvalue weighted by molar-refractivity contribution is 0.575. The molecule has 1 atom stereocenters. The Labute approximate surface area is 109 Å². The Hall–Kier alpha value is -1.07. The minimum absolute atomic E-state index is 0.206. The quantitative estimate of drug-likeness (QED) is 0.853. The molecule has 1 aliphatic heterocycles. The van der Waals surface area contributed by atoms with Crippen molar-refractivity contribution in [2.45, 2.75) is 19.8 Å². The minimum Gasteiger partial charge on any atom is -0.316 e. The Morgan fingerprint density at radius 1 is 1.39 bits per heavy atom. The second-order valence-corrected chi connectivity index (χ2v) is 6.52. The van der Waals surface area contributed by atoms with E-state index < -0.39 is 10.0 Å². The van der Waals surface area contributed by atoms with Gasteiger partial charge in [-0.2, -0.15) is 0 Å². The van der Waals surface area contributed by atoms with Gasteiger partial charge in [0.1, 0.15) is 0 Å². The lowest BCUT2D eigenvalue weighted by Crippen LogP contribution is -2.24. The highest BCUT2D eigenvalue weighted by Gasteiger charge is 2.22. The normalized spacial score (nSPS) is 19.9. The van der Waals surface area contributed by atoms with Crippen LogP contribution in [-0.4, -0.2) is 27.3 Å². The van der Waals surface area contributed by atoms with Gasteiger partial charge in [0.15, 0.2) is 0 Å². The Bertz CT molecular complexity index is 493. The Morgan fingerprint density at radius 2 is 2.17 bits per heavy atom. The van der Waals surface area contributed by atoms with E-state index in [1.54, 1.807) is 0 Å². The van der Waals surface area contributed by atoms with Crippen LogP contribution in [0, 0.1) is 5.92 Å². The van der Waals surface area contributed by atoms with E-state index in [9.17, 15) is 8.42 Å². The summed E-state index contributed by atoms with van der Waals surface area (Å²) in [7, 11) is -3.24. The zero-order valence-electron chi connectivity index (χ0n) is 10.6. The smallest absolute Gasteiger partial charge is 0.233 e. The average molecular weight is 268 g/mol. The molecule has 1 unspecified atom stereocenters. The molecule has 100 valence electrons. The van der Waals surface area contributed by atoms with Crippen LogP contribution in [-0.2, 0) is 16.4 Å². The lowest BCUT2D eigenvalue weighted by atomic mass is 10.1. The van der Waals surface area contributed by atoms with Crippen molar-refractivity contribution < 1.29 is 8.42 Å². The van der Waals surface area contributed by atoms with Gasteiger partial charge in [0.05, 0.1) is 11.4 Å². The molecule has 1 aromatic rings. The largest absolute Gasteiger partial charge is 0.316 e. The van der Waals surface area contributed by atoms with E-state index in [2.05, 4.69) is 10.0 Å². The van der Waals surface area contributed by atoms with Gasteiger partial charge in [-0.3, -0.25) is 4.72 Å². The summed E-state index contributed by atoms with van der Waals surface area (Å²) in [5.74, 6) is 0.439. The number of aryl methyl sites for hydroxylation is 1. The minimum atomic E-state index is -3.24. The third-order valence-corrected chi connectivity index (χ3v) is 4.72. The van der Waals surface area contributed by atoms with Gasteiger partial charge in [-0.1, -0.05) is 25.1 Å². The summed E-state index contributed by atoms with van der Waals surface area (Å²) in [5.41, 5.74) is 1.75. The molecule has 1 saturated heterocycles. The predicted octanol–water partition coefficient (Wildman–Crippen LogP) is 1.60. The molecule has 18 heavy (non-hydrogen) atoms. The topological polar surface area (TPSA) is 58.2 Å². The molecular formula is C13H20N2O2S. The van der Waals surface area contributed by atoms with Crippen LogP contribution in [0.15, 0.2) is 24.3 Å². The van der Waals surface area contributed by atoms with E-state index >= 15 is 0 Å². The highest BCUT2D eigenvalue weighted by molar-refractivity contribution is 7.92. The van der Waals surface area contributed by atoms with Crippen molar-refractivity contribution in [3.05, 3.63) is 29.8 Å². The summed E-state index contributed by atoms with van der Waals surface area (Å²) in [6.45, 7) is 3.75. The molecule has 5 heteroatoms. The van der Waals surface area contributed by atoms with Gasteiger partial charge in [-0.05, 0) is 43.5 Å². The molecule has 1 aromatic carbocycles. The number of para-hydroxylation sites is 1. The van der Waals surface area contributed by atoms with Crippen LogP contribution in [0.4, 0.5) is 5.69 Å². The van der Waals surface area contributed by atoms with Gasteiger partial charge in [-0.15, -0.1) is 0 Å². The van der Waals surface area contributed by atoms with Crippen LogP contribution in [0.2, 0.25) is 0 Å². The van der Waals surface area contributed by atoms with Crippen LogP contribution >= 0.6 is 0 Å². The summed E-state index contributed by atoms with van der Waals surface area (Å²) in [6.07, 6.45) is 1.76. The fraction of sp³-hybridized carbons (Fsp3) is 0.538. The van der Waals surface area contributed by atoms with Crippen LogP contribution < -0.4 is 10.0 Å². The van der Waals surface area contributed by atoms with Crippen molar-refractivity contribution in [1.29, 1.82) is 0 Å². The van der Waals surface area contributed by atoms with Crippen LogP contribution in [0.5, 0.6) is 0 Å². The van der Waals surface area contributed by atoms with E-state index in [1.807, 2.05) is 31.2 Å². The first-order valence-corrected chi connectivity index (χ1v) is 8.05. The van der Waals surface area contributed by atoms with Crippen molar-refractivity contribution >= 4 is 15.7 Å². The number of rotatable bonds is 5. The van der Waals surface area contributed by atoms with Crippen molar-refractivity contribution in [2.75, 3.05) is 23.6 Å². The molecule has 0 bridgehead atoms. The van der Waals surface area contributed by atoms with E-state index in [4.69, 9.17) is 0 Å². The first-order chi connectivity index (χ1) is 8.61. The fourth-order valence-electron chi connectivity index (χ4n) is 2.30. The standard InChI is InChI=1S/C13H20N2O2S/c1-2-12-5-3-4-6-13(12)15-18(16,17)10-11-7-8-14-9-11/h3-6,11,14-15H,2,7-10H2,1H3. The van der Waals surface area contributed by atoms with Crippen molar-refractivity contribution in [2.24, 2.45) is 5.92 Å². The number of sulfonamides is 1. The summed E-state index contributed by atoms with van der Waals surface area (Å²) in [4.78, 5) is 0. The van der Waals surface area contributed by atoms with E-state index in [0.717, 1.165) is 31.5 Å². The van der Waals surface area contributed by atoms with E-state index in [0.29, 0.717) is 5.69 Å². The second-order valence-electron chi connectivity index (χ2n) is 4.75. The van der Waals surface area contributed by atoms with Gasteiger partial charge in [0.2, 0.25) is 10.0 Å². The Morgan fingerprint density at radius 3 is 2.83 bits per heavy atom. The number of hydrogen-bond acceptors (Lipinski definition) is 3. The molecule has 1 aliphatic rings. The lowest BCUT2D eigenvalue weighted by Gasteiger charge is -2.14. The van der Waals surface area contributed by atoms with Gasteiger partial charge < -0.3 is 5.32 Å². The van der Waals surface area contributed by atoms with Gasteiger partial charge in [-0.25, -0.2) is 8.42 Å². The van der Waals surface area contributed by atoms with Crippen LogP contribution in [0.25, 0.3) is 0 Å². The number of nitrogens with one attached hydrogen (secondary N) is 2. The fourth-order valence-corrected chi connectivity index (χ4v) is 3.83. The SMILES string of the molecule is CCc1ccccc1NS(=O)(=O)CC1CCNC1. The first kappa shape index (κ1) is 13.4. The summed E-state index contributed by atoms with van der Waals surface area (Å²) in [6, 6.07) is 7.56. The molecule has 1 heterocycles. The Kier molecular flexibility index (Phi) is 4.24. The zero-order valence-corrected chi connectivity index (χ0v) is 11.5. The molecule has 0 spiro atoms. The molecule has 0 amide bonds. The first-order valence-electron chi connectivity index (χ1n) is 6.40. The molecule has 2 N–H and O–H groups in total. The van der Waals surface area contributed by atoms with Crippen LogP contribution in [0.3, 0.4) is 0 Å². The monoisotopic (exact) mass is 268 g/mol. The molecule has 2 rings (SSSR count). The summed E-state index contributed by atoms with van der Waals surface area (Å²) < 4.78 is 26.9. The molecule has 1 fully saturated rings. The molecule has 0 aromatic heterocycles. The number of anilines is 1. The maximum Gasteiger partial charge on any atom is 0.233 e. The number of hydrogen-bond donors (Lipinski definition) is 2. The molecule has 0 radical (unpaired) electrons. The molecular weight excluding hydrogens is 248 g/mol. The molecule has 4 nitrogen and oxygen atoms in total. The average Bonchev–Trinajstić information content (AvgIpc) is 2.81. The van der Waals surface area contributed by atoms with E-state index in [1.165, 1.54) is 0 Å². The van der Waals surface area contributed by atoms with Gasteiger partial charge >= 0.3 is 0 Å². The summed E-state index contributed by atoms with van der Waals surface area (Å²) in [5, 5.41) is 3.19. The second kappa shape index (κ2) is 5.71. The van der Waals surface area contributed by atoms with Gasteiger partial charge in [0.25, 0.3) is 0 Å². The van der Waals surface area contributed by atoms with Gasteiger partial charge in [0, 0.05) is 0 Å². The Balaban J connectivity index is 2.06. The van der Waals surface area contributed by atoms with Crippen molar-refractivity contribution in [3.63, 3.8) is 0 Å². The maximum atomic E-state index is 12.1. The van der Waals surface area contributed by atoms with Crippen LogP contribution in [0.1, 0.15) is 18.9 Å². The van der Waals surface area contributed by atoms with Crippen molar-refractivity contribution in [3.8, 4) is 0 Å². The highest BCUT2D eigenvalue weighted by Crippen LogP contribution is 2.19. The third-order valence-electron chi connectivity index (χ3n) is 3.28. The highest BCUT2D eigenvalue weighted by atomic mass is 32.2. The molecule has 0 saturated carbocycles. The predicted molar refractivity (Wildman–Crippen MR) is 74.2 cm³/mol. The third kappa shape index (κ3) is 3.46. The number of benzene rings is 1. The zero-order chi connectivity index (χ0) is 13.0. The maximum absolute atomic E-state index is 12.1. The van der Waals surface area contributed by atoms with Crippen molar-refractivity contribution in [1.82, 2.24) is 5.32 Å². The summed E-state index contributed by atoms with van der Waals surface area (Å²) >= 11 is 0. The molecule has 0 aliphatic carbocycles.